The Bertz CT molecular complexity index is 1340. The summed E-state index contributed by atoms with van der Waals surface area (Å²) in [4.78, 5) is 13.0. The molecule has 0 aliphatic carbocycles. The van der Waals surface area contributed by atoms with E-state index in [0.717, 1.165) is 28.1 Å². The number of aryl methyl sites for hydroxylation is 1. The van der Waals surface area contributed by atoms with Crippen LogP contribution in [-0.2, 0) is 10.3 Å². The number of benzene rings is 4. The van der Waals surface area contributed by atoms with Crippen molar-refractivity contribution < 1.29 is 14.3 Å². The number of nitrogens with one attached hydrogen (secondary N) is 1. The van der Waals surface area contributed by atoms with Gasteiger partial charge in [-0.05, 0) is 43.3 Å². The molecule has 2 aliphatic rings. The molecule has 1 spiro atoms. The molecular formula is C27H19NO3. The second-order valence-corrected chi connectivity index (χ2v) is 7.88. The van der Waals surface area contributed by atoms with Gasteiger partial charge in [-0.2, -0.15) is 0 Å². The molecule has 150 valence electrons. The molecule has 4 aromatic carbocycles. The van der Waals surface area contributed by atoms with Crippen LogP contribution in [0.2, 0.25) is 0 Å². The Hall–Kier alpha value is -4.05. The van der Waals surface area contributed by atoms with Gasteiger partial charge >= 0.3 is 5.97 Å². The zero-order valence-electron chi connectivity index (χ0n) is 16.9. The van der Waals surface area contributed by atoms with Gasteiger partial charge in [0.05, 0.1) is 16.8 Å². The van der Waals surface area contributed by atoms with Gasteiger partial charge in [0.2, 0.25) is 0 Å². The minimum atomic E-state index is -1.08. The number of carbonyl (C=O) groups excluding carboxylic acids is 1. The molecule has 4 nitrogen and oxygen atoms in total. The summed E-state index contributed by atoms with van der Waals surface area (Å²) in [6.45, 7) is 2.06. The molecule has 1 N–H and O–H groups in total. The number of ether oxygens (including phenoxy) is 2. The minimum Gasteiger partial charge on any atom is -0.456 e. The fourth-order valence-electron chi connectivity index (χ4n) is 4.58. The van der Waals surface area contributed by atoms with Gasteiger partial charge in [0.25, 0.3) is 0 Å². The Morgan fingerprint density at radius 1 is 0.742 bits per heavy atom. The van der Waals surface area contributed by atoms with Crippen molar-refractivity contribution in [1.29, 1.82) is 0 Å². The van der Waals surface area contributed by atoms with E-state index in [1.807, 2.05) is 78.9 Å². The third-order valence-corrected chi connectivity index (χ3v) is 5.97. The fraction of sp³-hybridized carbons (Fsp3) is 0.0741. The summed E-state index contributed by atoms with van der Waals surface area (Å²) in [6, 6.07) is 29.4. The highest BCUT2D eigenvalue weighted by molar-refractivity contribution is 5.97. The summed E-state index contributed by atoms with van der Waals surface area (Å²) in [5, 5.41) is 3.52. The van der Waals surface area contributed by atoms with E-state index in [9.17, 15) is 4.79 Å². The molecule has 0 saturated heterocycles. The van der Waals surface area contributed by atoms with Gasteiger partial charge in [-0.1, -0.05) is 60.2 Å². The van der Waals surface area contributed by atoms with Crippen molar-refractivity contribution in [3.05, 3.63) is 119 Å². The second-order valence-electron chi connectivity index (χ2n) is 7.88. The van der Waals surface area contributed by atoms with Crippen LogP contribution < -0.4 is 10.1 Å². The molecule has 0 bridgehead atoms. The van der Waals surface area contributed by atoms with Crippen molar-refractivity contribution >= 4 is 17.3 Å². The largest absolute Gasteiger partial charge is 0.456 e. The molecule has 0 fully saturated rings. The van der Waals surface area contributed by atoms with Gasteiger partial charge in [0, 0.05) is 16.8 Å². The quantitative estimate of drug-likeness (QED) is 0.397. The maximum absolute atomic E-state index is 13.0. The topological polar surface area (TPSA) is 47.6 Å². The van der Waals surface area contributed by atoms with E-state index in [-0.39, 0.29) is 5.97 Å². The summed E-state index contributed by atoms with van der Waals surface area (Å²) in [5.74, 6) is 1.02. The highest BCUT2D eigenvalue weighted by atomic mass is 16.6. The number of carbonyl (C=O) groups is 1. The van der Waals surface area contributed by atoms with Crippen LogP contribution in [0.1, 0.15) is 32.6 Å². The van der Waals surface area contributed by atoms with E-state index in [4.69, 9.17) is 9.47 Å². The van der Waals surface area contributed by atoms with Crippen LogP contribution in [0.25, 0.3) is 0 Å². The molecular weight excluding hydrogens is 386 g/mol. The first-order valence-corrected chi connectivity index (χ1v) is 10.2. The Morgan fingerprint density at radius 3 is 2.29 bits per heavy atom. The normalized spacial score (nSPS) is 17.9. The summed E-state index contributed by atoms with van der Waals surface area (Å²) in [5.41, 5.74) is 4.92. The molecule has 1 unspecified atom stereocenters. The van der Waals surface area contributed by atoms with Gasteiger partial charge < -0.3 is 14.8 Å². The highest BCUT2D eigenvalue weighted by Gasteiger charge is 2.54. The SMILES string of the molecule is Cc1ccc(Nc2cccc3c2C2(OC(=O)c4ccccc42)c2ccccc2O3)cc1. The lowest BCUT2D eigenvalue weighted by Gasteiger charge is -2.37. The molecule has 1 atom stereocenters. The van der Waals surface area contributed by atoms with Crippen molar-refractivity contribution in [2.24, 2.45) is 0 Å². The van der Waals surface area contributed by atoms with E-state index in [1.165, 1.54) is 5.56 Å². The van der Waals surface area contributed by atoms with Crippen LogP contribution in [0.15, 0.2) is 91.0 Å². The monoisotopic (exact) mass is 405 g/mol. The summed E-state index contributed by atoms with van der Waals surface area (Å²) in [7, 11) is 0. The number of para-hydroxylation sites is 1. The molecule has 2 aliphatic heterocycles. The van der Waals surface area contributed by atoms with Gasteiger partial charge in [-0.25, -0.2) is 4.79 Å². The zero-order valence-corrected chi connectivity index (χ0v) is 16.9. The Morgan fingerprint density at radius 2 is 1.45 bits per heavy atom. The van der Waals surface area contributed by atoms with E-state index in [2.05, 4.69) is 24.4 Å². The number of esters is 1. The number of fused-ring (bicyclic) bond motifs is 6. The minimum absolute atomic E-state index is 0.330. The van der Waals surface area contributed by atoms with Crippen LogP contribution in [0.3, 0.4) is 0 Å². The van der Waals surface area contributed by atoms with Gasteiger partial charge in [-0.3, -0.25) is 0 Å². The Balaban J connectivity index is 1.64. The molecule has 4 aromatic rings. The summed E-state index contributed by atoms with van der Waals surface area (Å²) in [6.07, 6.45) is 0. The maximum Gasteiger partial charge on any atom is 0.340 e. The van der Waals surface area contributed by atoms with Crippen LogP contribution in [0.5, 0.6) is 11.5 Å². The average Bonchev–Trinajstić information content (AvgIpc) is 3.09. The molecule has 0 saturated carbocycles. The molecule has 0 amide bonds. The number of anilines is 2. The molecule has 31 heavy (non-hydrogen) atoms. The van der Waals surface area contributed by atoms with Crippen LogP contribution >= 0.6 is 0 Å². The third-order valence-electron chi connectivity index (χ3n) is 5.97. The van der Waals surface area contributed by atoms with E-state index in [1.54, 1.807) is 0 Å². The zero-order chi connectivity index (χ0) is 21.0. The number of hydrogen-bond acceptors (Lipinski definition) is 4. The first-order valence-electron chi connectivity index (χ1n) is 10.2. The lowest BCUT2D eigenvalue weighted by molar-refractivity contribution is 0.0227. The van der Waals surface area contributed by atoms with Crippen molar-refractivity contribution in [2.75, 3.05) is 5.32 Å². The first-order chi connectivity index (χ1) is 15.2. The summed E-state index contributed by atoms with van der Waals surface area (Å²) < 4.78 is 12.5. The first kappa shape index (κ1) is 17.8. The van der Waals surface area contributed by atoms with Gasteiger partial charge in [-0.15, -0.1) is 0 Å². The summed E-state index contributed by atoms with van der Waals surface area (Å²) >= 11 is 0. The Kier molecular flexibility index (Phi) is 3.71. The lowest BCUT2D eigenvalue weighted by atomic mass is 9.77. The lowest BCUT2D eigenvalue weighted by Crippen LogP contribution is -2.33. The van der Waals surface area contributed by atoms with Crippen molar-refractivity contribution in [3.8, 4) is 11.5 Å². The van der Waals surface area contributed by atoms with Gasteiger partial charge in [0.15, 0.2) is 5.60 Å². The number of rotatable bonds is 2. The predicted octanol–water partition coefficient (Wildman–Crippen LogP) is 6.31. The van der Waals surface area contributed by atoms with Crippen LogP contribution in [0.4, 0.5) is 11.4 Å². The second kappa shape index (κ2) is 6.47. The molecule has 6 rings (SSSR count). The van der Waals surface area contributed by atoms with Gasteiger partial charge in [0.1, 0.15) is 11.5 Å². The maximum atomic E-state index is 13.0. The fourth-order valence-corrected chi connectivity index (χ4v) is 4.58. The standard InChI is InChI=1S/C27H19NO3/c1-17-13-15-18(16-14-17)28-22-10-6-12-24-25(22)27(21-9-4-5-11-23(21)30-24)20-8-3-2-7-19(20)26(29)31-27/h2-16,28H,1H3. The molecule has 0 radical (unpaired) electrons. The smallest absolute Gasteiger partial charge is 0.340 e. The van der Waals surface area contributed by atoms with Crippen LogP contribution in [0, 0.1) is 6.92 Å². The highest BCUT2D eigenvalue weighted by Crippen LogP contribution is 2.58. The third kappa shape index (κ3) is 2.51. The predicted molar refractivity (Wildman–Crippen MR) is 119 cm³/mol. The van der Waals surface area contributed by atoms with Crippen molar-refractivity contribution in [1.82, 2.24) is 0 Å². The number of hydrogen-bond donors (Lipinski definition) is 1. The molecule has 4 heteroatoms. The van der Waals surface area contributed by atoms with E-state index < -0.39 is 5.60 Å². The average molecular weight is 405 g/mol. The van der Waals surface area contributed by atoms with E-state index in [0.29, 0.717) is 17.1 Å². The van der Waals surface area contributed by atoms with Crippen molar-refractivity contribution in [3.63, 3.8) is 0 Å². The Labute approximate surface area is 180 Å². The van der Waals surface area contributed by atoms with E-state index >= 15 is 0 Å². The molecule has 0 aromatic heterocycles. The van der Waals surface area contributed by atoms with Crippen LogP contribution in [-0.4, -0.2) is 5.97 Å². The van der Waals surface area contributed by atoms with Crippen molar-refractivity contribution in [2.45, 2.75) is 12.5 Å². The molecule has 2 heterocycles.